The number of benzene rings is 4. The predicted molar refractivity (Wildman–Crippen MR) is 224 cm³/mol. The lowest BCUT2D eigenvalue weighted by atomic mass is 10.1. The standard InChI is InChI=1S/C48H58N2O7/c1-3-5-7-9-11-12-13-14-16-18-36-54-42-29-25-40(26-30-42)48(52)56-44-33-21-38(22-34-44)46-50-49-45(57-46)37-19-31-43(32-20-37)55-47(51)39-23-27-41(28-24-39)53-35-17-15-10-8-6-4-2/h19-34H,3-18,35-36H2,1-2H3. The third-order valence-corrected chi connectivity index (χ3v) is 9.76. The van der Waals surface area contributed by atoms with Crippen LogP contribution in [0, 0.1) is 0 Å². The Hall–Kier alpha value is -5.44. The van der Waals surface area contributed by atoms with Crippen LogP contribution in [0.5, 0.6) is 23.0 Å². The molecule has 9 nitrogen and oxygen atoms in total. The van der Waals surface area contributed by atoms with Crippen LogP contribution in [0.2, 0.25) is 0 Å². The summed E-state index contributed by atoms with van der Waals surface area (Å²) in [4.78, 5) is 25.6. The Morgan fingerprint density at radius 2 is 0.737 bits per heavy atom. The van der Waals surface area contributed by atoms with Crippen LogP contribution in [-0.2, 0) is 0 Å². The Labute approximate surface area is 338 Å². The molecule has 5 rings (SSSR count). The molecule has 0 aliphatic heterocycles. The van der Waals surface area contributed by atoms with Crippen LogP contribution in [0.3, 0.4) is 0 Å². The Kier molecular flexibility index (Phi) is 18.2. The molecule has 5 aromatic rings. The number of hydrogen-bond acceptors (Lipinski definition) is 9. The van der Waals surface area contributed by atoms with E-state index in [2.05, 4.69) is 24.0 Å². The van der Waals surface area contributed by atoms with E-state index in [1.54, 1.807) is 97.1 Å². The second kappa shape index (κ2) is 24.3. The molecule has 0 aliphatic rings. The number of unbranched alkanes of at least 4 members (excludes halogenated alkanes) is 14. The van der Waals surface area contributed by atoms with Crippen molar-refractivity contribution in [3.63, 3.8) is 0 Å². The number of carbonyl (C=O) groups excluding carboxylic acids is 2. The Morgan fingerprint density at radius 3 is 1.09 bits per heavy atom. The molecule has 0 aliphatic carbocycles. The minimum Gasteiger partial charge on any atom is -0.494 e. The van der Waals surface area contributed by atoms with E-state index in [1.807, 2.05) is 0 Å². The quantitative estimate of drug-likeness (QED) is 0.0308. The van der Waals surface area contributed by atoms with Crippen LogP contribution < -0.4 is 18.9 Å². The highest BCUT2D eigenvalue weighted by Crippen LogP contribution is 2.28. The monoisotopic (exact) mass is 774 g/mol. The molecule has 0 radical (unpaired) electrons. The molecule has 1 heterocycles. The van der Waals surface area contributed by atoms with E-state index in [9.17, 15) is 9.59 Å². The number of rotatable bonds is 26. The van der Waals surface area contributed by atoms with E-state index >= 15 is 0 Å². The van der Waals surface area contributed by atoms with Crippen LogP contribution in [0.1, 0.15) is 137 Å². The van der Waals surface area contributed by atoms with Crippen LogP contribution in [0.25, 0.3) is 22.9 Å². The van der Waals surface area contributed by atoms with Gasteiger partial charge in [0.1, 0.15) is 23.0 Å². The van der Waals surface area contributed by atoms with Gasteiger partial charge in [0.15, 0.2) is 0 Å². The maximum absolute atomic E-state index is 12.8. The van der Waals surface area contributed by atoms with Gasteiger partial charge in [-0.1, -0.05) is 104 Å². The molecule has 0 saturated carbocycles. The summed E-state index contributed by atoms with van der Waals surface area (Å²) in [6.07, 6.45) is 20.1. The van der Waals surface area contributed by atoms with Gasteiger partial charge in [0.25, 0.3) is 0 Å². The number of esters is 2. The fourth-order valence-electron chi connectivity index (χ4n) is 6.35. The molecule has 4 aromatic carbocycles. The van der Waals surface area contributed by atoms with Crippen LogP contribution in [0.15, 0.2) is 101 Å². The summed E-state index contributed by atoms with van der Waals surface area (Å²) in [6, 6.07) is 27.8. The maximum atomic E-state index is 12.8. The second-order valence-electron chi connectivity index (χ2n) is 14.4. The lowest BCUT2D eigenvalue weighted by Crippen LogP contribution is -2.08. The number of carbonyl (C=O) groups is 2. The number of hydrogen-bond donors (Lipinski definition) is 0. The van der Waals surface area contributed by atoms with Crippen molar-refractivity contribution in [2.75, 3.05) is 13.2 Å². The van der Waals surface area contributed by atoms with E-state index in [1.165, 1.54) is 83.5 Å². The smallest absolute Gasteiger partial charge is 0.343 e. The number of ether oxygens (including phenoxy) is 4. The molecule has 0 N–H and O–H groups in total. The summed E-state index contributed by atoms with van der Waals surface area (Å²) in [5, 5.41) is 8.37. The molecule has 0 atom stereocenters. The number of aromatic nitrogens is 2. The lowest BCUT2D eigenvalue weighted by molar-refractivity contribution is 0.0725. The van der Waals surface area contributed by atoms with Crippen molar-refractivity contribution in [2.45, 2.75) is 117 Å². The molecule has 0 spiro atoms. The maximum Gasteiger partial charge on any atom is 0.343 e. The first-order valence-corrected chi connectivity index (χ1v) is 21.0. The van der Waals surface area contributed by atoms with E-state index in [-0.39, 0.29) is 0 Å². The Balaban J connectivity index is 1.01. The first-order valence-electron chi connectivity index (χ1n) is 21.0. The zero-order valence-corrected chi connectivity index (χ0v) is 33.7. The predicted octanol–water partition coefficient (Wildman–Crippen LogP) is 12.9. The van der Waals surface area contributed by atoms with E-state index in [0.717, 1.165) is 30.8 Å². The highest BCUT2D eigenvalue weighted by atomic mass is 16.5. The average molecular weight is 775 g/mol. The van der Waals surface area contributed by atoms with Gasteiger partial charge in [-0.05, 0) is 110 Å². The zero-order valence-electron chi connectivity index (χ0n) is 33.7. The van der Waals surface area contributed by atoms with Gasteiger partial charge < -0.3 is 23.4 Å². The molecular formula is C48H58N2O7. The molecule has 0 bridgehead atoms. The number of nitrogens with zero attached hydrogens (tertiary/aromatic N) is 2. The molecule has 0 fully saturated rings. The lowest BCUT2D eigenvalue weighted by Gasteiger charge is -2.08. The fourth-order valence-corrected chi connectivity index (χ4v) is 6.35. The molecule has 57 heavy (non-hydrogen) atoms. The largest absolute Gasteiger partial charge is 0.494 e. The molecule has 0 unspecified atom stereocenters. The van der Waals surface area contributed by atoms with Gasteiger partial charge in [0, 0.05) is 11.1 Å². The first-order chi connectivity index (χ1) is 28.0. The van der Waals surface area contributed by atoms with Gasteiger partial charge >= 0.3 is 11.9 Å². The average Bonchev–Trinajstić information content (AvgIpc) is 3.74. The van der Waals surface area contributed by atoms with Crippen molar-refractivity contribution < 1.29 is 33.0 Å². The van der Waals surface area contributed by atoms with Gasteiger partial charge in [-0.2, -0.15) is 0 Å². The van der Waals surface area contributed by atoms with Gasteiger partial charge in [0.2, 0.25) is 11.8 Å². The zero-order chi connectivity index (χ0) is 39.9. The van der Waals surface area contributed by atoms with Gasteiger partial charge in [-0.3, -0.25) is 0 Å². The minimum absolute atomic E-state index is 0.311. The molecule has 9 heteroatoms. The van der Waals surface area contributed by atoms with Crippen LogP contribution in [-0.4, -0.2) is 35.3 Å². The summed E-state index contributed by atoms with van der Waals surface area (Å²) in [5.41, 5.74) is 2.20. The summed E-state index contributed by atoms with van der Waals surface area (Å²) >= 11 is 0. The summed E-state index contributed by atoms with van der Waals surface area (Å²) in [7, 11) is 0. The first kappa shape index (κ1) is 42.7. The summed E-state index contributed by atoms with van der Waals surface area (Å²) in [5.74, 6) is 1.96. The fraction of sp³-hybridized carbons (Fsp3) is 0.417. The van der Waals surface area contributed by atoms with Gasteiger partial charge in [0.05, 0.1) is 24.3 Å². The van der Waals surface area contributed by atoms with Crippen molar-refractivity contribution in [3.05, 3.63) is 108 Å². The van der Waals surface area contributed by atoms with Gasteiger partial charge in [-0.25, -0.2) is 9.59 Å². The topological polar surface area (TPSA) is 110 Å². The molecule has 0 saturated heterocycles. The van der Waals surface area contributed by atoms with Crippen molar-refractivity contribution in [1.29, 1.82) is 0 Å². The Bertz CT molecular complexity index is 1890. The molecule has 0 amide bonds. The summed E-state index contributed by atoms with van der Waals surface area (Å²) < 4.78 is 28.8. The highest BCUT2D eigenvalue weighted by Gasteiger charge is 2.14. The minimum atomic E-state index is -0.461. The van der Waals surface area contributed by atoms with Crippen LogP contribution >= 0.6 is 0 Å². The van der Waals surface area contributed by atoms with Crippen molar-refractivity contribution in [3.8, 4) is 45.9 Å². The second-order valence-corrected chi connectivity index (χ2v) is 14.4. The molecule has 1 aromatic heterocycles. The normalized spacial score (nSPS) is 11.0. The van der Waals surface area contributed by atoms with Crippen molar-refractivity contribution in [2.24, 2.45) is 0 Å². The third kappa shape index (κ3) is 14.9. The van der Waals surface area contributed by atoms with Crippen LogP contribution in [0.4, 0.5) is 0 Å². The molecule has 302 valence electrons. The van der Waals surface area contributed by atoms with Gasteiger partial charge in [-0.15, -0.1) is 10.2 Å². The van der Waals surface area contributed by atoms with Crippen molar-refractivity contribution >= 4 is 11.9 Å². The molecular weight excluding hydrogens is 717 g/mol. The van der Waals surface area contributed by atoms with E-state index in [0.29, 0.717) is 58.7 Å². The van der Waals surface area contributed by atoms with E-state index < -0.39 is 11.9 Å². The Morgan fingerprint density at radius 1 is 0.421 bits per heavy atom. The summed E-state index contributed by atoms with van der Waals surface area (Å²) in [6.45, 7) is 5.81. The SMILES string of the molecule is CCCCCCCCCCCCOc1ccc(C(=O)Oc2ccc(-c3nnc(-c4ccc(OC(=O)c5ccc(OCCCCCCCC)cc5)cc4)o3)cc2)cc1. The highest BCUT2D eigenvalue weighted by molar-refractivity contribution is 5.91. The third-order valence-electron chi connectivity index (χ3n) is 9.76. The van der Waals surface area contributed by atoms with E-state index in [4.69, 9.17) is 23.4 Å². The van der Waals surface area contributed by atoms with Crippen molar-refractivity contribution in [1.82, 2.24) is 10.2 Å².